The molecule has 32 heavy (non-hydrogen) atoms. The fourth-order valence-electron chi connectivity index (χ4n) is 2.58. The van der Waals surface area contributed by atoms with Gasteiger partial charge in [0.25, 0.3) is 11.8 Å². The number of hydrazine groups is 1. The Morgan fingerprint density at radius 3 is 2.19 bits per heavy atom. The van der Waals surface area contributed by atoms with Gasteiger partial charge < -0.3 is 4.74 Å². The number of carbonyl (C=O) groups excluding carboxylic acids is 3. The van der Waals surface area contributed by atoms with E-state index in [1.165, 1.54) is 18.2 Å². The highest BCUT2D eigenvalue weighted by atomic mass is 79.9. The minimum absolute atomic E-state index is 0.304. The molecular weight excluding hydrogens is 472 g/mol. The second kappa shape index (κ2) is 11.4. The van der Waals surface area contributed by atoms with Crippen molar-refractivity contribution < 1.29 is 19.1 Å². The van der Waals surface area contributed by atoms with Crippen molar-refractivity contribution in [1.29, 1.82) is 0 Å². The van der Waals surface area contributed by atoms with Crippen LogP contribution in [0.4, 0.5) is 0 Å². The van der Waals surface area contributed by atoms with Crippen LogP contribution in [0.15, 0.2) is 95.5 Å². The van der Waals surface area contributed by atoms with Gasteiger partial charge in [-0.25, -0.2) is 4.79 Å². The van der Waals surface area contributed by atoms with Crippen LogP contribution in [0.3, 0.4) is 0 Å². The van der Waals surface area contributed by atoms with E-state index in [0.717, 1.165) is 10.0 Å². The molecule has 0 saturated heterocycles. The van der Waals surface area contributed by atoms with E-state index >= 15 is 0 Å². The van der Waals surface area contributed by atoms with E-state index in [1.54, 1.807) is 54.6 Å². The monoisotopic (exact) mass is 490 g/mol. The molecular formula is C25H19BrN2O4. The van der Waals surface area contributed by atoms with Crippen molar-refractivity contribution in [3.8, 4) is 5.75 Å². The fourth-order valence-corrected chi connectivity index (χ4v) is 2.85. The Morgan fingerprint density at radius 2 is 1.44 bits per heavy atom. The third-order valence-corrected chi connectivity index (χ3v) is 4.69. The first kappa shape index (κ1) is 22.7. The van der Waals surface area contributed by atoms with E-state index in [-0.39, 0.29) is 0 Å². The Morgan fingerprint density at radius 1 is 0.750 bits per heavy atom. The lowest BCUT2D eigenvalue weighted by atomic mass is 10.2. The number of hydrogen-bond acceptors (Lipinski definition) is 4. The predicted octanol–water partition coefficient (Wildman–Crippen LogP) is 4.54. The zero-order valence-electron chi connectivity index (χ0n) is 16.8. The van der Waals surface area contributed by atoms with Crippen LogP contribution in [0.5, 0.6) is 5.75 Å². The molecule has 0 spiro atoms. The third-order valence-electron chi connectivity index (χ3n) is 4.16. The van der Waals surface area contributed by atoms with Crippen molar-refractivity contribution in [2.75, 3.05) is 0 Å². The van der Waals surface area contributed by atoms with Crippen molar-refractivity contribution in [2.45, 2.75) is 0 Å². The Hall–Kier alpha value is -3.97. The molecule has 0 aliphatic rings. The van der Waals surface area contributed by atoms with Crippen molar-refractivity contribution >= 4 is 45.9 Å². The number of halogens is 1. The lowest BCUT2D eigenvalue weighted by Gasteiger charge is -2.06. The van der Waals surface area contributed by atoms with Crippen LogP contribution in [0.2, 0.25) is 0 Å². The van der Waals surface area contributed by atoms with Crippen LogP contribution in [0, 0.1) is 0 Å². The summed E-state index contributed by atoms with van der Waals surface area (Å²) in [6, 6.07) is 22.9. The lowest BCUT2D eigenvalue weighted by Crippen LogP contribution is -2.40. The van der Waals surface area contributed by atoms with E-state index < -0.39 is 17.8 Å². The van der Waals surface area contributed by atoms with Gasteiger partial charge in [0.2, 0.25) is 0 Å². The zero-order valence-corrected chi connectivity index (χ0v) is 18.4. The van der Waals surface area contributed by atoms with E-state index in [1.807, 2.05) is 30.3 Å². The summed E-state index contributed by atoms with van der Waals surface area (Å²) in [5.41, 5.74) is 6.45. The summed E-state index contributed by atoms with van der Waals surface area (Å²) in [6.45, 7) is 0. The number of nitrogens with one attached hydrogen (secondary N) is 2. The smallest absolute Gasteiger partial charge is 0.336 e. The number of amides is 2. The van der Waals surface area contributed by atoms with Gasteiger partial charge in [0.05, 0.1) is 0 Å². The van der Waals surface area contributed by atoms with Crippen LogP contribution < -0.4 is 15.6 Å². The van der Waals surface area contributed by atoms with E-state index in [4.69, 9.17) is 4.74 Å². The Bertz CT molecular complexity index is 1160. The molecule has 3 rings (SSSR count). The zero-order chi connectivity index (χ0) is 22.8. The van der Waals surface area contributed by atoms with E-state index in [0.29, 0.717) is 16.9 Å². The molecule has 3 aromatic carbocycles. The number of esters is 1. The van der Waals surface area contributed by atoms with Crippen molar-refractivity contribution in [2.24, 2.45) is 0 Å². The standard InChI is InChI=1S/C25H19BrN2O4/c26-21-14-11-20(12-15-21)25(31)28-27-23(29)16-13-19-8-4-5-9-22(19)32-24(30)17-10-18-6-2-1-3-7-18/h1-17H,(H,27,29)(H,28,31)/b16-13+,17-10+. The Kier molecular flexibility index (Phi) is 8.11. The van der Waals surface area contributed by atoms with Gasteiger partial charge in [0.1, 0.15) is 5.75 Å². The highest BCUT2D eigenvalue weighted by Crippen LogP contribution is 2.20. The summed E-state index contributed by atoms with van der Waals surface area (Å²) >= 11 is 3.29. The summed E-state index contributed by atoms with van der Waals surface area (Å²) in [6.07, 6.45) is 5.71. The molecule has 0 atom stereocenters. The first-order valence-corrected chi connectivity index (χ1v) is 10.4. The van der Waals surface area contributed by atoms with Crippen LogP contribution in [-0.4, -0.2) is 17.8 Å². The molecule has 0 unspecified atom stereocenters. The predicted molar refractivity (Wildman–Crippen MR) is 126 cm³/mol. The second-order valence-electron chi connectivity index (χ2n) is 6.49. The topological polar surface area (TPSA) is 84.5 Å². The Labute approximate surface area is 193 Å². The number of carbonyl (C=O) groups is 3. The first-order chi connectivity index (χ1) is 15.5. The average molecular weight is 491 g/mol. The highest BCUT2D eigenvalue weighted by molar-refractivity contribution is 9.10. The summed E-state index contributed by atoms with van der Waals surface area (Å²) in [4.78, 5) is 36.3. The van der Waals surface area contributed by atoms with Crippen LogP contribution in [0.25, 0.3) is 12.2 Å². The number of ether oxygens (including phenoxy) is 1. The molecule has 7 heteroatoms. The second-order valence-corrected chi connectivity index (χ2v) is 7.40. The van der Waals surface area contributed by atoms with E-state index in [9.17, 15) is 14.4 Å². The van der Waals surface area contributed by atoms with E-state index in [2.05, 4.69) is 26.8 Å². The van der Waals surface area contributed by atoms with Crippen molar-refractivity contribution in [3.05, 3.63) is 112 Å². The molecule has 0 fully saturated rings. The maximum Gasteiger partial charge on any atom is 0.336 e. The molecule has 0 saturated carbocycles. The summed E-state index contributed by atoms with van der Waals surface area (Å²) < 4.78 is 6.23. The fraction of sp³-hybridized carbons (Fsp3) is 0. The van der Waals surface area contributed by atoms with Gasteiger partial charge >= 0.3 is 5.97 Å². The number of para-hydroxylation sites is 1. The normalized spacial score (nSPS) is 10.8. The van der Waals surface area contributed by atoms with Gasteiger partial charge in [0.15, 0.2) is 0 Å². The minimum Gasteiger partial charge on any atom is -0.423 e. The molecule has 2 N–H and O–H groups in total. The molecule has 0 aliphatic heterocycles. The van der Waals surface area contributed by atoms with Gasteiger partial charge in [-0.3, -0.25) is 20.4 Å². The average Bonchev–Trinajstić information content (AvgIpc) is 2.82. The molecule has 6 nitrogen and oxygen atoms in total. The molecule has 0 heterocycles. The molecule has 0 aromatic heterocycles. The molecule has 2 amide bonds. The summed E-state index contributed by atoms with van der Waals surface area (Å²) in [7, 11) is 0. The number of rotatable bonds is 6. The van der Waals surface area contributed by atoms with Crippen LogP contribution >= 0.6 is 15.9 Å². The van der Waals surface area contributed by atoms with Gasteiger partial charge in [-0.1, -0.05) is 64.5 Å². The molecule has 3 aromatic rings. The quantitative estimate of drug-likeness (QED) is 0.230. The van der Waals surface area contributed by atoms with Crippen LogP contribution in [-0.2, 0) is 9.59 Å². The SMILES string of the molecule is O=C(/C=C/c1ccccc1OC(=O)/C=C/c1ccccc1)NNC(=O)c1ccc(Br)cc1. The Balaban J connectivity index is 1.57. The van der Waals surface area contributed by atoms with Gasteiger partial charge in [-0.15, -0.1) is 0 Å². The van der Waals surface area contributed by atoms with Gasteiger partial charge in [-0.05, 0) is 48.0 Å². The lowest BCUT2D eigenvalue weighted by molar-refractivity contribution is -0.128. The molecule has 0 bridgehead atoms. The van der Waals surface area contributed by atoms with Crippen LogP contribution in [0.1, 0.15) is 21.5 Å². The summed E-state index contributed by atoms with van der Waals surface area (Å²) in [5.74, 6) is -1.22. The third kappa shape index (κ3) is 7.07. The van der Waals surface area contributed by atoms with Crippen molar-refractivity contribution in [3.63, 3.8) is 0 Å². The number of benzene rings is 3. The first-order valence-electron chi connectivity index (χ1n) is 9.59. The highest BCUT2D eigenvalue weighted by Gasteiger charge is 2.07. The maximum atomic E-state index is 12.1. The van der Waals surface area contributed by atoms with Crippen molar-refractivity contribution in [1.82, 2.24) is 10.9 Å². The maximum absolute atomic E-state index is 12.1. The minimum atomic E-state index is -0.541. The summed E-state index contributed by atoms with van der Waals surface area (Å²) in [5, 5.41) is 0. The molecule has 0 radical (unpaired) electrons. The molecule has 160 valence electrons. The number of hydrogen-bond donors (Lipinski definition) is 2. The van der Waals surface area contributed by atoms with Gasteiger partial charge in [-0.2, -0.15) is 0 Å². The van der Waals surface area contributed by atoms with Gasteiger partial charge in [0, 0.05) is 27.8 Å². The molecule has 0 aliphatic carbocycles. The largest absolute Gasteiger partial charge is 0.423 e.